The number of phosphoric ester groups is 1. The number of benzene rings is 3. The van der Waals surface area contributed by atoms with E-state index in [1.54, 1.807) is 20.2 Å². The van der Waals surface area contributed by atoms with Gasteiger partial charge in [0.25, 0.3) is 0 Å². The van der Waals surface area contributed by atoms with E-state index < -0.39 is 19.4 Å². The fourth-order valence-corrected chi connectivity index (χ4v) is 5.58. The van der Waals surface area contributed by atoms with Crippen molar-refractivity contribution in [1.82, 2.24) is 14.8 Å². The minimum absolute atomic E-state index is 0.0776. The lowest BCUT2D eigenvalue weighted by Gasteiger charge is -2.35. The number of rotatable bonds is 13. The van der Waals surface area contributed by atoms with E-state index in [1.807, 2.05) is 59.3 Å². The van der Waals surface area contributed by atoms with Crippen molar-refractivity contribution >= 4 is 7.82 Å². The molecule has 0 saturated carbocycles. The van der Waals surface area contributed by atoms with Gasteiger partial charge in [0.15, 0.2) is 5.82 Å². The summed E-state index contributed by atoms with van der Waals surface area (Å²) >= 11 is 0. The van der Waals surface area contributed by atoms with E-state index in [0.717, 1.165) is 16.7 Å². The third-order valence-corrected chi connectivity index (χ3v) is 7.66. The zero-order valence-corrected chi connectivity index (χ0v) is 22.0. The fraction of sp³-hybridized carbons (Fsp3) is 0.286. The van der Waals surface area contributed by atoms with Crippen LogP contribution in [0.5, 0.6) is 0 Å². The molecule has 1 heterocycles. The summed E-state index contributed by atoms with van der Waals surface area (Å²) in [5, 5.41) is 4.89. The van der Waals surface area contributed by atoms with Crippen LogP contribution in [0.1, 0.15) is 48.8 Å². The van der Waals surface area contributed by atoms with Crippen molar-refractivity contribution in [3.05, 3.63) is 120 Å². The maximum Gasteiger partial charge on any atom is 0.474 e. The molecule has 1 atom stereocenters. The topological polar surface area (TPSA) is 101 Å². The smallest absolute Gasteiger partial charge is 0.321 e. The standard InChI is InChI=1S/C28H33N4O4P/c1-3-34-37(33,35-4-2)36-21-20-26(29)27-30-22-32(31-27)28(23-14-8-5-9-15-23,24-16-10-6-11-17-24)25-18-12-7-13-19-25/h5-19,22,26H,3-4,20-21,29H2,1-2H3. The summed E-state index contributed by atoms with van der Waals surface area (Å²) in [4.78, 5) is 4.59. The van der Waals surface area contributed by atoms with E-state index in [2.05, 4.69) is 41.4 Å². The monoisotopic (exact) mass is 520 g/mol. The molecular formula is C28H33N4O4P. The lowest BCUT2D eigenvalue weighted by atomic mass is 9.77. The third-order valence-electron chi connectivity index (χ3n) is 6.01. The molecule has 4 rings (SSSR count). The first-order valence-corrected chi connectivity index (χ1v) is 13.9. The summed E-state index contributed by atoms with van der Waals surface area (Å²) in [6, 6.07) is 30.1. The Hall–Kier alpha value is -3.13. The first-order valence-electron chi connectivity index (χ1n) is 12.4. The van der Waals surface area contributed by atoms with Gasteiger partial charge in [-0.2, -0.15) is 5.10 Å². The van der Waals surface area contributed by atoms with E-state index in [9.17, 15) is 4.57 Å². The van der Waals surface area contributed by atoms with E-state index in [0.29, 0.717) is 12.2 Å². The fourth-order valence-electron chi connectivity index (χ4n) is 4.39. The van der Waals surface area contributed by atoms with Gasteiger partial charge in [-0.05, 0) is 37.0 Å². The maximum absolute atomic E-state index is 12.6. The zero-order valence-electron chi connectivity index (χ0n) is 21.1. The first-order chi connectivity index (χ1) is 18.0. The molecule has 3 aromatic carbocycles. The Kier molecular flexibility index (Phi) is 9.03. The number of phosphoric acid groups is 1. The number of nitrogens with two attached hydrogens (primary N) is 1. The Morgan fingerprint density at radius 2 is 1.27 bits per heavy atom. The van der Waals surface area contributed by atoms with Crippen molar-refractivity contribution in [3.8, 4) is 0 Å². The van der Waals surface area contributed by atoms with Gasteiger partial charge in [0.05, 0.1) is 25.9 Å². The van der Waals surface area contributed by atoms with Crippen LogP contribution >= 0.6 is 7.82 Å². The molecule has 37 heavy (non-hydrogen) atoms. The zero-order chi connectivity index (χ0) is 26.1. The van der Waals surface area contributed by atoms with Crippen molar-refractivity contribution in [2.75, 3.05) is 19.8 Å². The van der Waals surface area contributed by atoms with Crippen LogP contribution in [0.2, 0.25) is 0 Å². The average molecular weight is 521 g/mol. The summed E-state index contributed by atoms with van der Waals surface area (Å²) < 4.78 is 30.3. The lowest BCUT2D eigenvalue weighted by molar-refractivity contribution is 0.118. The molecule has 9 heteroatoms. The van der Waals surface area contributed by atoms with Gasteiger partial charge in [-0.25, -0.2) is 14.2 Å². The van der Waals surface area contributed by atoms with Crippen LogP contribution in [0.15, 0.2) is 97.3 Å². The molecule has 1 unspecified atom stereocenters. The molecule has 4 aromatic rings. The summed E-state index contributed by atoms with van der Waals surface area (Å²) in [6.45, 7) is 3.98. The lowest BCUT2D eigenvalue weighted by Crippen LogP contribution is -2.38. The molecule has 0 bridgehead atoms. The third kappa shape index (κ3) is 5.90. The summed E-state index contributed by atoms with van der Waals surface area (Å²) in [6.07, 6.45) is 2.05. The van der Waals surface area contributed by atoms with Crippen molar-refractivity contribution in [2.45, 2.75) is 31.8 Å². The van der Waals surface area contributed by atoms with Crippen LogP contribution in [0.3, 0.4) is 0 Å². The minimum Gasteiger partial charge on any atom is -0.321 e. The molecule has 0 spiro atoms. The Bertz CT molecular complexity index is 1180. The summed E-state index contributed by atoms with van der Waals surface area (Å²) in [5.41, 5.74) is 8.79. The molecule has 0 amide bonds. The van der Waals surface area contributed by atoms with E-state index in [-0.39, 0.29) is 19.8 Å². The highest BCUT2D eigenvalue weighted by Crippen LogP contribution is 2.49. The second kappa shape index (κ2) is 12.4. The van der Waals surface area contributed by atoms with Gasteiger partial charge < -0.3 is 5.73 Å². The molecule has 8 nitrogen and oxygen atoms in total. The van der Waals surface area contributed by atoms with Crippen LogP contribution < -0.4 is 5.73 Å². The Morgan fingerprint density at radius 1 is 0.811 bits per heavy atom. The minimum atomic E-state index is -3.61. The average Bonchev–Trinajstić information content (AvgIpc) is 3.42. The summed E-state index contributed by atoms with van der Waals surface area (Å²) in [7, 11) is -3.61. The molecule has 0 radical (unpaired) electrons. The number of hydrogen-bond acceptors (Lipinski definition) is 7. The van der Waals surface area contributed by atoms with Gasteiger partial charge >= 0.3 is 7.82 Å². The molecule has 2 N–H and O–H groups in total. The quantitative estimate of drug-likeness (QED) is 0.178. The van der Waals surface area contributed by atoms with Crippen LogP contribution in [0, 0.1) is 0 Å². The number of nitrogens with zero attached hydrogens (tertiary/aromatic N) is 3. The van der Waals surface area contributed by atoms with Gasteiger partial charge in [0.1, 0.15) is 11.9 Å². The molecular weight excluding hydrogens is 487 g/mol. The first kappa shape index (κ1) is 26.9. The molecule has 1 aromatic heterocycles. The normalized spacial score (nSPS) is 12.9. The second-order valence-electron chi connectivity index (χ2n) is 8.37. The van der Waals surface area contributed by atoms with Crippen molar-refractivity contribution < 1.29 is 18.1 Å². The van der Waals surface area contributed by atoms with E-state index in [1.165, 1.54) is 0 Å². The van der Waals surface area contributed by atoms with Crippen LogP contribution in [-0.4, -0.2) is 34.6 Å². The largest absolute Gasteiger partial charge is 0.474 e. The second-order valence-corrected chi connectivity index (χ2v) is 10.0. The van der Waals surface area contributed by atoms with Gasteiger partial charge in [0, 0.05) is 0 Å². The number of aromatic nitrogens is 3. The molecule has 0 fully saturated rings. The van der Waals surface area contributed by atoms with E-state index in [4.69, 9.17) is 24.4 Å². The maximum atomic E-state index is 12.6. The SMILES string of the molecule is CCOP(=O)(OCC)OCCC(N)c1ncn(C(c2ccccc2)(c2ccccc2)c2ccccc2)n1. The molecule has 0 aliphatic rings. The molecule has 194 valence electrons. The highest BCUT2D eigenvalue weighted by Gasteiger charge is 2.40. The predicted molar refractivity (Wildman–Crippen MR) is 143 cm³/mol. The van der Waals surface area contributed by atoms with Gasteiger partial charge in [0.2, 0.25) is 0 Å². The molecule has 0 saturated heterocycles. The van der Waals surface area contributed by atoms with Crippen LogP contribution in [0.4, 0.5) is 0 Å². The summed E-state index contributed by atoms with van der Waals surface area (Å²) in [5.74, 6) is 0.457. The molecule has 0 aliphatic heterocycles. The van der Waals surface area contributed by atoms with Gasteiger partial charge in [-0.3, -0.25) is 13.6 Å². The Balaban J connectivity index is 1.70. The van der Waals surface area contributed by atoms with Crippen molar-refractivity contribution in [3.63, 3.8) is 0 Å². The highest BCUT2D eigenvalue weighted by atomic mass is 31.2. The number of hydrogen-bond donors (Lipinski definition) is 1. The van der Waals surface area contributed by atoms with Crippen molar-refractivity contribution in [2.24, 2.45) is 5.73 Å². The van der Waals surface area contributed by atoms with Crippen LogP contribution in [0.25, 0.3) is 0 Å². The highest BCUT2D eigenvalue weighted by molar-refractivity contribution is 7.48. The Morgan fingerprint density at radius 3 is 1.70 bits per heavy atom. The molecule has 0 aliphatic carbocycles. The van der Waals surface area contributed by atoms with Gasteiger partial charge in [-0.1, -0.05) is 91.0 Å². The van der Waals surface area contributed by atoms with Crippen LogP contribution in [-0.2, 0) is 23.7 Å². The van der Waals surface area contributed by atoms with Crippen molar-refractivity contribution in [1.29, 1.82) is 0 Å². The Labute approximate surface area is 218 Å². The van der Waals surface area contributed by atoms with Gasteiger partial charge in [-0.15, -0.1) is 0 Å². The van der Waals surface area contributed by atoms with E-state index >= 15 is 0 Å². The predicted octanol–water partition coefficient (Wildman–Crippen LogP) is 5.71.